The van der Waals surface area contributed by atoms with Crippen LogP contribution in [0.25, 0.3) is 10.6 Å². The molecule has 3 aromatic rings. The zero-order chi connectivity index (χ0) is 18.8. The molecule has 0 unspecified atom stereocenters. The highest BCUT2D eigenvalue weighted by molar-refractivity contribution is 7.13. The predicted octanol–water partition coefficient (Wildman–Crippen LogP) is 4.36. The zero-order valence-electron chi connectivity index (χ0n) is 15.1. The molecule has 2 aromatic carbocycles. The number of amides is 1. The predicted molar refractivity (Wildman–Crippen MR) is 108 cm³/mol. The van der Waals surface area contributed by atoms with E-state index in [1.54, 1.807) is 6.07 Å². The highest BCUT2D eigenvalue weighted by atomic mass is 32.1. The van der Waals surface area contributed by atoms with Crippen LogP contribution in [-0.2, 0) is 11.2 Å². The summed E-state index contributed by atoms with van der Waals surface area (Å²) in [5.74, 6) is -0.250. The first kappa shape index (κ1) is 17.7. The lowest BCUT2D eigenvalue weighted by Crippen LogP contribution is -2.44. The topological polar surface area (TPSA) is 36.4 Å². The molecule has 4 nitrogen and oxygen atoms in total. The molecular weight excluding hydrogens is 361 g/mol. The van der Waals surface area contributed by atoms with Gasteiger partial charge in [0.15, 0.2) is 0 Å². The second-order valence-electron chi connectivity index (χ2n) is 6.44. The lowest BCUT2D eigenvalue weighted by atomic mass is 10.1. The number of aromatic nitrogens is 1. The first-order valence-electron chi connectivity index (χ1n) is 9.00. The summed E-state index contributed by atoms with van der Waals surface area (Å²) in [6, 6.07) is 14.4. The van der Waals surface area contributed by atoms with Gasteiger partial charge in [0.25, 0.3) is 0 Å². The molecule has 1 aromatic heterocycles. The molecule has 0 aliphatic carbocycles. The molecule has 0 bridgehead atoms. The van der Waals surface area contributed by atoms with Gasteiger partial charge in [-0.3, -0.25) is 4.79 Å². The van der Waals surface area contributed by atoms with Crippen molar-refractivity contribution in [1.29, 1.82) is 0 Å². The van der Waals surface area contributed by atoms with Gasteiger partial charge in [-0.05, 0) is 31.2 Å². The smallest absolute Gasteiger partial charge is 0.233 e. The summed E-state index contributed by atoms with van der Waals surface area (Å²) >= 11 is 1.43. The Kier molecular flexibility index (Phi) is 4.90. The van der Waals surface area contributed by atoms with E-state index in [9.17, 15) is 9.18 Å². The van der Waals surface area contributed by atoms with Crippen molar-refractivity contribution >= 4 is 28.6 Å². The number of halogens is 1. The van der Waals surface area contributed by atoms with Gasteiger partial charge in [0.05, 0.1) is 23.5 Å². The highest BCUT2D eigenvalue weighted by Gasteiger charge is 2.26. The minimum atomic E-state index is -0.286. The Morgan fingerprint density at radius 1 is 1.15 bits per heavy atom. The number of anilines is 2. The average molecular weight is 381 g/mol. The number of fused-ring (bicyclic) bond motifs is 1. The van der Waals surface area contributed by atoms with Crippen molar-refractivity contribution in [3.05, 3.63) is 65.4 Å². The Bertz CT molecular complexity index is 971. The second-order valence-corrected chi connectivity index (χ2v) is 7.30. The number of likely N-dealkylation sites (N-methyl/N-ethyl adjacent to an activating group) is 1. The van der Waals surface area contributed by atoms with Crippen LogP contribution < -0.4 is 9.80 Å². The molecule has 0 radical (unpaired) electrons. The van der Waals surface area contributed by atoms with Crippen molar-refractivity contribution in [3.63, 3.8) is 0 Å². The van der Waals surface area contributed by atoms with E-state index in [0.29, 0.717) is 6.54 Å². The second kappa shape index (κ2) is 7.48. The van der Waals surface area contributed by atoms with Crippen LogP contribution >= 0.6 is 11.3 Å². The number of benzene rings is 2. The molecule has 0 spiro atoms. The quantitative estimate of drug-likeness (QED) is 0.674. The maximum absolute atomic E-state index is 13.4. The standard InChI is InChI=1S/C21H20FN3OS/c1-2-24-10-11-25(19-9-4-3-8-18(19)24)20(26)13-17-14-27-21(23-17)15-6-5-7-16(22)12-15/h3-9,12,14H,2,10-11,13H2,1H3. The van der Waals surface area contributed by atoms with Gasteiger partial charge in [-0.25, -0.2) is 9.37 Å². The van der Waals surface area contributed by atoms with Gasteiger partial charge in [-0.2, -0.15) is 0 Å². The number of thiazole rings is 1. The number of carbonyl (C=O) groups excluding carboxylic acids is 1. The van der Waals surface area contributed by atoms with Gasteiger partial charge in [0.1, 0.15) is 10.8 Å². The Morgan fingerprint density at radius 2 is 1.96 bits per heavy atom. The van der Waals surface area contributed by atoms with Gasteiger partial charge < -0.3 is 9.80 Å². The Morgan fingerprint density at radius 3 is 2.74 bits per heavy atom. The van der Waals surface area contributed by atoms with Crippen molar-refractivity contribution in [2.45, 2.75) is 13.3 Å². The van der Waals surface area contributed by atoms with Crippen molar-refractivity contribution in [3.8, 4) is 10.6 Å². The Labute approximate surface area is 161 Å². The first-order chi connectivity index (χ1) is 13.2. The van der Waals surface area contributed by atoms with Gasteiger partial charge >= 0.3 is 0 Å². The molecule has 2 heterocycles. The van der Waals surface area contributed by atoms with Gasteiger partial charge in [-0.15, -0.1) is 11.3 Å². The van der Waals surface area contributed by atoms with E-state index in [2.05, 4.69) is 22.9 Å². The van der Waals surface area contributed by atoms with E-state index in [4.69, 9.17) is 0 Å². The third-order valence-corrected chi connectivity index (χ3v) is 5.69. The fraction of sp³-hybridized carbons (Fsp3) is 0.238. The molecule has 1 amide bonds. The fourth-order valence-corrected chi connectivity index (χ4v) is 4.22. The summed E-state index contributed by atoms with van der Waals surface area (Å²) in [7, 11) is 0. The van der Waals surface area contributed by atoms with Crippen LogP contribution in [0.1, 0.15) is 12.6 Å². The number of rotatable bonds is 4. The summed E-state index contributed by atoms with van der Waals surface area (Å²) < 4.78 is 13.4. The minimum Gasteiger partial charge on any atom is -0.368 e. The van der Waals surface area contributed by atoms with E-state index in [1.807, 2.05) is 34.5 Å². The molecular formula is C21H20FN3OS. The van der Waals surface area contributed by atoms with Crippen LogP contribution in [0.3, 0.4) is 0 Å². The van der Waals surface area contributed by atoms with Crippen LogP contribution in [0.4, 0.5) is 15.8 Å². The Hall–Kier alpha value is -2.73. The zero-order valence-corrected chi connectivity index (χ0v) is 15.9. The van der Waals surface area contributed by atoms with Crippen LogP contribution in [0.5, 0.6) is 0 Å². The number of hydrogen-bond acceptors (Lipinski definition) is 4. The van der Waals surface area contributed by atoms with Crippen LogP contribution in [0.2, 0.25) is 0 Å². The molecule has 138 valence electrons. The fourth-order valence-electron chi connectivity index (χ4n) is 3.40. The molecule has 0 atom stereocenters. The number of para-hydroxylation sites is 2. The van der Waals surface area contributed by atoms with Gasteiger partial charge in [0.2, 0.25) is 5.91 Å². The summed E-state index contributed by atoms with van der Waals surface area (Å²) in [5, 5.41) is 2.61. The number of hydrogen-bond donors (Lipinski definition) is 0. The van der Waals surface area contributed by atoms with Crippen LogP contribution in [0.15, 0.2) is 53.9 Å². The van der Waals surface area contributed by atoms with E-state index >= 15 is 0 Å². The minimum absolute atomic E-state index is 0.0364. The van der Waals surface area contributed by atoms with Crippen molar-refractivity contribution in [1.82, 2.24) is 4.98 Å². The SMILES string of the molecule is CCN1CCN(C(=O)Cc2csc(-c3cccc(F)c3)n2)c2ccccc21. The van der Waals surface area contributed by atoms with Crippen molar-refractivity contribution in [2.24, 2.45) is 0 Å². The molecule has 6 heteroatoms. The molecule has 0 fully saturated rings. The summed E-state index contributed by atoms with van der Waals surface area (Å²) in [6.07, 6.45) is 0.242. The van der Waals surface area contributed by atoms with Crippen molar-refractivity contribution in [2.75, 3.05) is 29.4 Å². The van der Waals surface area contributed by atoms with E-state index in [-0.39, 0.29) is 18.1 Å². The molecule has 0 saturated heterocycles. The van der Waals surface area contributed by atoms with E-state index < -0.39 is 0 Å². The summed E-state index contributed by atoms with van der Waals surface area (Å²) in [4.78, 5) is 21.6. The highest BCUT2D eigenvalue weighted by Crippen LogP contribution is 2.33. The van der Waals surface area contributed by atoms with Gasteiger partial charge in [0, 0.05) is 30.6 Å². The summed E-state index contributed by atoms with van der Waals surface area (Å²) in [6.45, 7) is 4.54. The maximum Gasteiger partial charge on any atom is 0.233 e. The monoisotopic (exact) mass is 381 g/mol. The third kappa shape index (κ3) is 3.57. The normalized spacial score (nSPS) is 13.6. The van der Waals surface area contributed by atoms with Crippen LogP contribution in [0, 0.1) is 5.82 Å². The molecule has 0 saturated carbocycles. The molecule has 1 aliphatic heterocycles. The van der Waals surface area contributed by atoms with Crippen LogP contribution in [-0.4, -0.2) is 30.5 Å². The molecule has 1 aliphatic rings. The van der Waals surface area contributed by atoms with Crippen molar-refractivity contribution < 1.29 is 9.18 Å². The Balaban J connectivity index is 1.53. The number of carbonyl (C=O) groups is 1. The lowest BCUT2D eigenvalue weighted by Gasteiger charge is -2.37. The maximum atomic E-state index is 13.4. The molecule has 4 rings (SSSR count). The third-order valence-electron chi connectivity index (χ3n) is 4.75. The lowest BCUT2D eigenvalue weighted by molar-refractivity contribution is -0.118. The van der Waals surface area contributed by atoms with E-state index in [0.717, 1.165) is 40.7 Å². The largest absolute Gasteiger partial charge is 0.368 e. The van der Waals surface area contributed by atoms with Gasteiger partial charge in [-0.1, -0.05) is 24.3 Å². The summed E-state index contributed by atoms with van der Waals surface area (Å²) in [5.41, 5.74) is 3.51. The molecule has 0 N–H and O–H groups in total. The average Bonchev–Trinajstić information content (AvgIpc) is 3.15. The molecule has 27 heavy (non-hydrogen) atoms. The number of nitrogens with zero attached hydrogens (tertiary/aromatic N) is 3. The van der Waals surface area contributed by atoms with E-state index in [1.165, 1.54) is 23.5 Å². The first-order valence-corrected chi connectivity index (χ1v) is 9.88.